The molecule has 198 valence electrons. The van der Waals surface area contributed by atoms with Crippen LogP contribution in [0.2, 0.25) is 15.1 Å². The standard InChI is InChI=1S/C28H20Cl3N3O3S2/c1-14-3-4-15(2)20(11-14)24(35)22-23(16-5-8-18(29)9-6-16)34(26(37)25(22)36)27-32-33-28(39-27)38-13-17-7-10-19(30)12-21(17)31/h3-12,23,35H,13H2,1-2H3. The van der Waals surface area contributed by atoms with E-state index >= 15 is 0 Å². The lowest BCUT2D eigenvalue weighted by molar-refractivity contribution is -0.132. The van der Waals surface area contributed by atoms with Gasteiger partial charge >= 0.3 is 5.91 Å². The second kappa shape index (κ2) is 11.3. The van der Waals surface area contributed by atoms with Crippen LogP contribution in [0.25, 0.3) is 5.76 Å². The van der Waals surface area contributed by atoms with Gasteiger partial charge in [0.05, 0.1) is 11.6 Å². The zero-order chi connectivity index (χ0) is 27.8. The summed E-state index contributed by atoms with van der Waals surface area (Å²) < 4.78 is 0.585. The van der Waals surface area contributed by atoms with E-state index in [2.05, 4.69) is 10.2 Å². The number of carbonyl (C=O) groups is 2. The lowest BCUT2D eigenvalue weighted by Gasteiger charge is -2.22. The number of amides is 1. The number of nitrogens with zero attached hydrogens (tertiary/aromatic N) is 3. The van der Waals surface area contributed by atoms with E-state index in [1.807, 2.05) is 32.0 Å². The van der Waals surface area contributed by atoms with Gasteiger partial charge in [0.15, 0.2) is 4.34 Å². The summed E-state index contributed by atoms with van der Waals surface area (Å²) in [6, 6.07) is 16.7. The molecular weight excluding hydrogens is 597 g/mol. The minimum atomic E-state index is -0.918. The van der Waals surface area contributed by atoms with Gasteiger partial charge in [0.25, 0.3) is 5.78 Å². The Morgan fingerprint density at radius 3 is 2.41 bits per heavy atom. The average Bonchev–Trinajstić information content (AvgIpc) is 3.47. The van der Waals surface area contributed by atoms with Crippen LogP contribution in [0.1, 0.15) is 33.9 Å². The molecule has 11 heteroatoms. The van der Waals surface area contributed by atoms with Gasteiger partial charge < -0.3 is 5.11 Å². The van der Waals surface area contributed by atoms with Gasteiger partial charge in [-0.05, 0) is 60.9 Å². The first kappa shape index (κ1) is 27.7. The molecule has 0 aliphatic carbocycles. The van der Waals surface area contributed by atoms with E-state index in [0.717, 1.165) is 16.7 Å². The number of halogens is 3. The number of aliphatic hydroxyl groups excluding tert-OH is 1. The maximum atomic E-state index is 13.4. The quantitative estimate of drug-likeness (QED) is 0.0776. The van der Waals surface area contributed by atoms with Crippen molar-refractivity contribution < 1.29 is 14.7 Å². The molecule has 3 aromatic carbocycles. The molecule has 0 bridgehead atoms. The first-order valence-corrected chi connectivity index (χ1v) is 14.6. The summed E-state index contributed by atoms with van der Waals surface area (Å²) in [4.78, 5) is 28.1. The van der Waals surface area contributed by atoms with Crippen molar-refractivity contribution in [2.75, 3.05) is 4.90 Å². The van der Waals surface area contributed by atoms with Crippen molar-refractivity contribution in [1.82, 2.24) is 10.2 Å². The van der Waals surface area contributed by atoms with Crippen LogP contribution >= 0.6 is 57.9 Å². The fourth-order valence-electron chi connectivity index (χ4n) is 4.26. The third-order valence-corrected chi connectivity index (χ3v) is 9.19. The SMILES string of the molecule is Cc1ccc(C)c(C(O)=C2C(=O)C(=O)N(c3nnc(SCc4ccc(Cl)cc4Cl)s3)C2c2ccc(Cl)cc2)c1. The number of hydrogen-bond donors (Lipinski definition) is 1. The number of aryl methyl sites for hydroxylation is 2. The average molecular weight is 617 g/mol. The van der Waals surface area contributed by atoms with Crippen molar-refractivity contribution in [2.45, 2.75) is 30.0 Å². The lowest BCUT2D eigenvalue weighted by atomic mass is 9.93. The number of hydrogen-bond acceptors (Lipinski definition) is 7. The van der Waals surface area contributed by atoms with Gasteiger partial charge in [0, 0.05) is 26.4 Å². The minimum absolute atomic E-state index is 0.0200. The third-order valence-electron chi connectivity index (χ3n) is 6.25. The summed E-state index contributed by atoms with van der Waals surface area (Å²) in [6.45, 7) is 3.73. The molecule has 1 aliphatic rings. The molecule has 1 saturated heterocycles. The van der Waals surface area contributed by atoms with Crippen LogP contribution in [-0.4, -0.2) is 27.0 Å². The van der Waals surface area contributed by atoms with E-state index in [9.17, 15) is 14.7 Å². The molecule has 39 heavy (non-hydrogen) atoms. The molecule has 1 aromatic heterocycles. The molecule has 5 rings (SSSR count). The van der Waals surface area contributed by atoms with Crippen molar-refractivity contribution in [3.8, 4) is 0 Å². The van der Waals surface area contributed by atoms with Gasteiger partial charge in [-0.2, -0.15) is 0 Å². The lowest BCUT2D eigenvalue weighted by Crippen LogP contribution is -2.29. The normalized spacial score (nSPS) is 16.7. The third kappa shape index (κ3) is 5.58. The molecule has 2 heterocycles. The van der Waals surface area contributed by atoms with Crippen molar-refractivity contribution in [1.29, 1.82) is 0 Å². The Bertz CT molecular complexity index is 1640. The Morgan fingerprint density at radius 1 is 0.974 bits per heavy atom. The monoisotopic (exact) mass is 615 g/mol. The van der Waals surface area contributed by atoms with Crippen molar-refractivity contribution in [2.24, 2.45) is 0 Å². The molecule has 0 radical (unpaired) electrons. The van der Waals surface area contributed by atoms with Crippen LogP contribution in [0.4, 0.5) is 5.13 Å². The maximum absolute atomic E-state index is 13.4. The van der Waals surface area contributed by atoms with Crippen LogP contribution in [0.5, 0.6) is 0 Å². The summed E-state index contributed by atoms with van der Waals surface area (Å²) in [5.41, 5.74) is 3.62. The molecule has 0 saturated carbocycles. The van der Waals surface area contributed by atoms with Gasteiger partial charge in [0.1, 0.15) is 5.76 Å². The molecule has 6 nitrogen and oxygen atoms in total. The molecule has 1 N–H and O–H groups in total. The van der Waals surface area contributed by atoms with Crippen molar-refractivity contribution in [3.05, 3.63) is 109 Å². The van der Waals surface area contributed by atoms with Gasteiger partial charge in [-0.1, -0.05) is 93.8 Å². The van der Waals surface area contributed by atoms with E-state index in [-0.39, 0.29) is 16.5 Å². The molecular formula is C28H20Cl3N3O3S2. The molecule has 0 spiro atoms. The summed E-state index contributed by atoms with van der Waals surface area (Å²) in [5.74, 6) is -1.33. The summed E-state index contributed by atoms with van der Waals surface area (Å²) in [7, 11) is 0. The van der Waals surface area contributed by atoms with Crippen LogP contribution in [-0.2, 0) is 15.3 Å². The molecule has 1 atom stereocenters. The van der Waals surface area contributed by atoms with Gasteiger partial charge in [-0.25, -0.2) is 0 Å². The van der Waals surface area contributed by atoms with E-state index in [1.165, 1.54) is 28.0 Å². The van der Waals surface area contributed by atoms with Crippen molar-refractivity contribution >= 4 is 80.5 Å². The van der Waals surface area contributed by atoms with Crippen LogP contribution in [0.15, 0.2) is 70.6 Å². The number of thioether (sulfide) groups is 1. The zero-order valence-corrected chi connectivity index (χ0v) is 24.5. The zero-order valence-electron chi connectivity index (χ0n) is 20.6. The highest BCUT2D eigenvalue weighted by atomic mass is 35.5. The minimum Gasteiger partial charge on any atom is -0.507 e. The molecule has 1 amide bonds. The predicted molar refractivity (Wildman–Crippen MR) is 158 cm³/mol. The number of aromatic nitrogens is 2. The number of rotatable bonds is 6. The van der Waals surface area contributed by atoms with E-state index in [4.69, 9.17) is 34.8 Å². The smallest absolute Gasteiger partial charge is 0.301 e. The molecule has 1 fully saturated rings. The number of benzene rings is 3. The highest BCUT2D eigenvalue weighted by Gasteiger charge is 2.48. The number of carbonyl (C=O) groups excluding carboxylic acids is 2. The predicted octanol–water partition coefficient (Wildman–Crippen LogP) is 8.03. The number of anilines is 1. The number of Topliss-reactive ketones (excluding diaryl/α,β-unsaturated/α-hetero) is 1. The topological polar surface area (TPSA) is 83.4 Å². The van der Waals surface area contributed by atoms with E-state index < -0.39 is 17.7 Å². The molecule has 1 aliphatic heterocycles. The van der Waals surface area contributed by atoms with Gasteiger partial charge in [-0.15, -0.1) is 10.2 Å². The van der Waals surface area contributed by atoms with Gasteiger partial charge in [-0.3, -0.25) is 14.5 Å². The molecule has 1 unspecified atom stereocenters. The van der Waals surface area contributed by atoms with Crippen LogP contribution in [0, 0.1) is 13.8 Å². The summed E-state index contributed by atoms with van der Waals surface area (Å²) >= 11 is 21.0. The fourth-order valence-corrected chi connectivity index (χ4v) is 6.81. The second-order valence-electron chi connectivity index (χ2n) is 8.91. The Hall–Kier alpha value is -2.88. The highest BCUT2D eigenvalue weighted by molar-refractivity contribution is 8.00. The number of ketones is 1. The number of aliphatic hydroxyl groups is 1. The van der Waals surface area contributed by atoms with Crippen molar-refractivity contribution in [3.63, 3.8) is 0 Å². The van der Waals surface area contributed by atoms with Crippen LogP contribution in [0.3, 0.4) is 0 Å². The van der Waals surface area contributed by atoms with Crippen LogP contribution < -0.4 is 4.90 Å². The van der Waals surface area contributed by atoms with E-state index in [0.29, 0.717) is 36.3 Å². The first-order chi connectivity index (χ1) is 18.6. The van der Waals surface area contributed by atoms with E-state index in [1.54, 1.807) is 42.5 Å². The Morgan fingerprint density at radius 2 is 1.69 bits per heavy atom. The Kier molecular flexibility index (Phi) is 8.03. The maximum Gasteiger partial charge on any atom is 0.301 e. The summed E-state index contributed by atoms with van der Waals surface area (Å²) in [5, 5.41) is 21.7. The highest BCUT2D eigenvalue weighted by Crippen LogP contribution is 2.44. The second-order valence-corrected chi connectivity index (χ2v) is 12.4. The largest absolute Gasteiger partial charge is 0.507 e. The Balaban J connectivity index is 1.55. The summed E-state index contributed by atoms with van der Waals surface area (Å²) in [6.07, 6.45) is 0. The molecule has 4 aromatic rings. The Labute approximate surface area is 248 Å². The first-order valence-electron chi connectivity index (χ1n) is 11.7. The van der Waals surface area contributed by atoms with Gasteiger partial charge in [0.2, 0.25) is 5.13 Å². The fraction of sp³-hybridized carbons (Fsp3) is 0.143.